The Morgan fingerprint density at radius 1 is 1.09 bits per heavy atom. The molecule has 4 aliphatic heterocycles. The number of fused-ring (bicyclic) bond motifs is 2. The minimum atomic E-state index is -1.42. The number of hydrogen-bond donors (Lipinski definition) is 2. The highest BCUT2D eigenvalue weighted by atomic mass is 16.6. The van der Waals surface area contributed by atoms with E-state index in [0.717, 1.165) is 12.8 Å². The number of benzene rings is 1. The Morgan fingerprint density at radius 2 is 1.86 bits per heavy atom. The quantitative estimate of drug-likeness (QED) is 0.368. The largest absolute Gasteiger partial charge is 0.455 e. The topological polar surface area (TPSA) is 125 Å². The lowest BCUT2D eigenvalue weighted by Crippen LogP contribution is -2.59. The van der Waals surface area contributed by atoms with Gasteiger partial charge in [-0.25, -0.2) is 0 Å². The van der Waals surface area contributed by atoms with Crippen LogP contribution in [0.3, 0.4) is 0 Å². The first-order chi connectivity index (χ1) is 20.7. The third kappa shape index (κ3) is 5.74. The summed E-state index contributed by atoms with van der Waals surface area (Å²) in [6.45, 7) is 6.49. The zero-order valence-corrected chi connectivity index (χ0v) is 25.2. The first kappa shape index (κ1) is 30.9. The molecule has 1 spiro atoms. The highest BCUT2D eigenvalue weighted by Gasteiger charge is 2.72. The molecule has 10 heteroatoms. The Labute approximate surface area is 253 Å². The molecule has 0 radical (unpaired) electrons. The average Bonchev–Trinajstić information content (AvgIpc) is 3.38. The molecule has 43 heavy (non-hydrogen) atoms. The maximum absolute atomic E-state index is 14.5. The molecule has 0 unspecified atom stereocenters. The normalized spacial score (nSPS) is 32.6. The standard InChI is InChI=1S/C33H43N3O7/c1-4-5-17-35-18-11-16-33-28(30(39)36(29(33)31(35)40)23(20-37)21(2)3)27-24(43-33)14-9-10-15-26(38)34-19-25(42-32(27)41)22-12-7-6-8-13-22/h6-9,11-14,16,21,23-25,27-29,37H,4-5,10,15,17-20H2,1-3H3,(H,34,38)/b14-9-/t23-,24-,25+,27+,28+,29-,33+/m0/s1. The maximum atomic E-state index is 14.5. The summed E-state index contributed by atoms with van der Waals surface area (Å²) in [5.74, 6) is -3.68. The lowest BCUT2D eigenvalue weighted by Gasteiger charge is -2.39. The molecule has 3 amide bonds. The molecule has 4 heterocycles. The van der Waals surface area contributed by atoms with Crippen molar-refractivity contribution in [1.29, 1.82) is 0 Å². The maximum Gasteiger partial charge on any atom is 0.313 e. The van der Waals surface area contributed by atoms with E-state index in [1.807, 2.05) is 50.3 Å². The number of rotatable bonds is 7. The van der Waals surface area contributed by atoms with E-state index in [9.17, 15) is 24.3 Å². The van der Waals surface area contributed by atoms with Crippen LogP contribution in [0.4, 0.5) is 0 Å². The second kappa shape index (κ2) is 13.0. The molecule has 0 aromatic heterocycles. The summed E-state index contributed by atoms with van der Waals surface area (Å²) < 4.78 is 12.8. The highest BCUT2D eigenvalue weighted by molar-refractivity contribution is 5.99. The molecule has 232 valence electrons. The number of carbonyl (C=O) groups excluding carboxylic acids is 4. The SMILES string of the molecule is CCCCN1CC=C[C@@]23O[C@H]4/C=C\CCC(=O)NC[C@H](c5ccccc5)OC(=O)[C@H]4[C@@H]2C(=O)N([C@@H](CO)C(C)C)[C@H]3C1=O. The van der Waals surface area contributed by atoms with Crippen LogP contribution in [0.1, 0.15) is 58.1 Å². The van der Waals surface area contributed by atoms with E-state index in [1.54, 1.807) is 23.1 Å². The highest BCUT2D eigenvalue weighted by Crippen LogP contribution is 2.54. The third-order valence-corrected chi connectivity index (χ3v) is 9.16. The van der Waals surface area contributed by atoms with Gasteiger partial charge in [-0.2, -0.15) is 0 Å². The molecular formula is C33H43N3O7. The van der Waals surface area contributed by atoms with Gasteiger partial charge in [-0.1, -0.05) is 81.8 Å². The van der Waals surface area contributed by atoms with E-state index >= 15 is 0 Å². The number of likely N-dealkylation sites (tertiary alicyclic amines) is 1. The molecule has 0 saturated carbocycles. The lowest BCUT2D eigenvalue weighted by molar-refractivity contribution is -0.161. The second-order valence-electron chi connectivity index (χ2n) is 12.2. The minimum Gasteiger partial charge on any atom is -0.455 e. The van der Waals surface area contributed by atoms with Crippen molar-refractivity contribution < 1.29 is 33.8 Å². The number of nitrogens with one attached hydrogen (secondary N) is 1. The van der Waals surface area contributed by atoms with Crippen LogP contribution in [0.2, 0.25) is 0 Å². The van der Waals surface area contributed by atoms with Gasteiger partial charge in [0.2, 0.25) is 17.7 Å². The van der Waals surface area contributed by atoms with Gasteiger partial charge in [-0.3, -0.25) is 19.2 Å². The summed E-state index contributed by atoms with van der Waals surface area (Å²) in [7, 11) is 0. The smallest absolute Gasteiger partial charge is 0.313 e. The Morgan fingerprint density at radius 3 is 2.56 bits per heavy atom. The summed E-state index contributed by atoms with van der Waals surface area (Å²) in [5, 5.41) is 13.3. The summed E-state index contributed by atoms with van der Waals surface area (Å²) in [6, 6.07) is 7.47. The molecule has 2 N–H and O–H groups in total. The van der Waals surface area contributed by atoms with Crippen LogP contribution in [0.5, 0.6) is 0 Å². The molecule has 4 aliphatic rings. The van der Waals surface area contributed by atoms with E-state index < -0.39 is 53.6 Å². The second-order valence-corrected chi connectivity index (χ2v) is 12.2. The van der Waals surface area contributed by atoms with Gasteiger partial charge in [0.25, 0.3) is 0 Å². The molecule has 1 aromatic rings. The van der Waals surface area contributed by atoms with Gasteiger partial charge in [-0.05, 0) is 24.3 Å². The van der Waals surface area contributed by atoms with Crippen molar-refractivity contribution in [2.45, 2.75) is 76.3 Å². The first-order valence-electron chi connectivity index (χ1n) is 15.5. The average molecular weight is 594 g/mol. The Hall–Kier alpha value is -3.50. The molecule has 0 bridgehead atoms. The number of carbonyl (C=O) groups is 4. The van der Waals surface area contributed by atoms with Gasteiger partial charge < -0.3 is 29.7 Å². The summed E-state index contributed by atoms with van der Waals surface area (Å²) in [4.78, 5) is 58.8. The lowest BCUT2D eigenvalue weighted by atomic mass is 9.77. The number of aliphatic hydroxyl groups is 1. The number of amides is 3. The fourth-order valence-corrected chi connectivity index (χ4v) is 6.92. The molecule has 7 atom stereocenters. The van der Waals surface area contributed by atoms with Crippen molar-refractivity contribution >= 4 is 23.7 Å². The fourth-order valence-electron chi connectivity index (χ4n) is 6.92. The van der Waals surface area contributed by atoms with E-state index in [1.165, 1.54) is 4.90 Å². The number of cyclic esters (lactones) is 1. The molecule has 5 rings (SSSR count). The third-order valence-electron chi connectivity index (χ3n) is 9.16. The molecule has 2 saturated heterocycles. The van der Waals surface area contributed by atoms with Gasteiger partial charge in [0.1, 0.15) is 23.7 Å². The predicted octanol–water partition coefficient (Wildman–Crippen LogP) is 2.53. The van der Waals surface area contributed by atoms with Crippen molar-refractivity contribution in [3.63, 3.8) is 0 Å². The molecule has 0 aliphatic carbocycles. The predicted molar refractivity (Wildman–Crippen MR) is 158 cm³/mol. The van der Waals surface area contributed by atoms with Crippen LogP contribution in [0.25, 0.3) is 0 Å². The molecule has 10 nitrogen and oxygen atoms in total. The van der Waals surface area contributed by atoms with Gasteiger partial charge in [-0.15, -0.1) is 0 Å². The minimum absolute atomic E-state index is 0.0831. The van der Waals surface area contributed by atoms with Gasteiger partial charge in [0.05, 0.1) is 31.2 Å². The first-order valence-corrected chi connectivity index (χ1v) is 15.5. The Kier molecular flexibility index (Phi) is 9.36. The summed E-state index contributed by atoms with van der Waals surface area (Å²) in [5.41, 5.74) is -0.713. The van der Waals surface area contributed by atoms with Crippen molar-refractivity contribution in [2.75, 3.05) is 26.2 Å². The van der Waals surface area contributed by atoms with Crippen molar-refractivity contribution in [3.8, 4) is 0 Å². The van der Waals surface area contributed by atoms with E-state index in [4.69, 9.17) is 9.47 Å². The van der Waals surface area contributed by atoms with Gasteiger partial charge in [0.15, 0.2) is 0 Å². The van der Waals surface area contributed by atoms with Crippen LogP contribution in [0, 0.1) is 17.8 Å². The number of ether oxygens (including phenoxy) is 2. The monoisotopic (exact) mass is 593 g/mol. The van der Waals surface area contributed by atoms with Crippen molar-refractivity contribution in [1.82, 2.24) is 15.1 Å². The van der Waals surface area contributed by atoms with E-state index in [-0.39, 0.29) is 37.3 Å². The zero-order valence-electron chi connectivity index (χ0n) is 25.2. The van der Waals surface area contributed by atoms with Gasteiger partial charge >= 0.3 is 5.97 Å². The number of unbranched alkanes of at least 4 members (excludes halogenated alkanes) is 1. The van der Waals surface area contributed by atoms with Crippen LogP contribution >= 0.6 is 0 Å². The summed E-state index contributed by atoms with van der Waals surface area (Å²) >= 11 is 0. The number of nitrogens with zero attached hydrogens (tertiary/aromatic N) is 2. The fraction of sp³-hybridized carbons (Fsp3) is 0.576. The molecule has 2 fully saturated rings. The van der Waals surface area contributed by atoms with Gasteiger partial charge in [0, 0.05) is 19.5 Å². The number of allylic oxidation sites excluding steroid dienone is 1. The van der Waals surface area contributed by atoms with Crippen molar-refractivity contribution in [3.05, 3.63) is 60.2 Å². The molecular weight excluding hydrogens is 550 g/mol. The summed E-state index contributed by atoms with van der Waals surface area (Å²) in [6.07, 6.45) is 7.91. The van der Waals surface area contributed by atoms with E-state index in [0.29, 0.717) is 25.1 Å². The van der Waals surface area contributed by atoms with Crippen LogP contribution < -0.4 is 5.32 Å². The number of aliphatic hydroxyl groups excluding tert-OH is 1. The van der Waals surface area contributed by atoms with Crippen LogP contribution in [-0.4, -0.2) is 88.6 Å². The van der Waals surface area contributed by atoms with E-state index in [2.05, 4.69) is 12.2 Å². The Bertz CT molecular complexity index is 1260. The Balaban J connectivity index is 1.60. The zero-order chi connectivity index (χ0) is 30.7. The number of hydrogen-bond acceptors (Lipinski definition) is 7. The molecule has 1 aromatic carbocycles. The number of esters is 1. The van der Waals surface area contributed by atoms with Crippen molar-refractivity contribution in [2.24, 2.45) is 17.8 Å². The van der Waals surface area contributed by atoms with Crippen LogP contribution in [0.15, 0.2) is 54.6 Å². The van der Waals surface area contributed by atoms with Crippen LogP contribution in [-0.2, 0) is 28.7 Å².